The number of fused-ring (bicyclic) bond motifs is 6. The zero-order chi connectivity index (χ0) is 34.2. The highest BCUT2D eigenvalue weighted by molar-refractivity contribution is 5.66. The van der Waals surface area contributed by atoms with Crippen molar-refractivity contribution in [3.05, 3.63) is 0 Å². The van der Waals surface area contributed by atoms with Gasteiger partial charge in [0.2, 0.25) is 5.79 Å². The fourth-order valence-corrected chi connectivity index (χ4v) is 14.6. The quantitative estimate of drug-likeness (QED) is 0.198. The number of aliphatic hydroxyl groups excluding tert-OH is 4. The van der Waals surface area contributed by atoms with Gasteiger partial charge in [0, 0.05) is 18.8 Å². The van der Waals surface area contributed by atoms with Crippen LogP contribution < -0.4 is 0 Å². The van der Waals surface area contributed by atoms with E-state index in [1.165, 1.54) is 0 Å². The first-order valence-corrected chi connectivity index (χ1v) is 18.6. The Morgan fingerprint density at radius 3 is 2.23 bits per heavy atom. The molecule has 3 spiro atoms. The molecule has 4 aliphatic heterocycles. The van der Waals surface area contributed by atoms with Crippen LogP contribution in [0.2, 0.25) is 0 Å². The van der Waals surface area contributed by atoms with Gasteiger partial charge >= 0.3 is 5.97 Å². The Morgan fingerprint density at radius 2 is 1.56 bits per heavy atom. The van der Waals surface area contributed by atoms with Gasteiger partial charge in [-0.25, -0.2) is 0 Å². The molecule has 0 amide bonds. The summed E-state index contributed by atoms with van der Waals surface area (Å²) in [4.78, 5) is 12.9. The van der Waals surface area contributed by atoms with Gasteiger partial charge in [0.05, 0.1) is 18.8 Å². The molecule has 11 heteroatoms. The van der Waals surface area contributed by atoms with Gasteiger partial charge in [-0.1, -0.05) is 34.6 Å². The molecule has 270 valence electrons. The van der Waals surface area contributed by atoms with Gasteiger partial charge in [-0.3, -0.25) is 4.79 Å². The molecule has 0 aromatic carbocycles. The van der Waals surface area contributed by atoms with Gasteiger partial charge in [-0.2, -0.15) is 0 Å². The Hall–Kier alpha value is -0.890. The van der Waals surface area contributed by atoms with E-state index in [4.69, 9.17) is 28.4 Å². The number of esters is 1. The molecule has 9 aliphatic rings. The highest BCUT2D eigenvalue weighted by atomic mass is 16.8. The number of aliphatic hydroxyl groups is 4. The molecule has 4 N–H and O–H groups in total. The van der Waals surface area contributed by atoms with Crippen molar-refractivity contribution in [1.82, 2.24) is 0 Å². The van der Waals surface area contributed by atoms with E-state index in [0.717, 1.165) is 44.9 Å². The normalized spacial score (nSPS) is 63.3. The van der Waals surface area contributed by atoms with Crippen LogP contribution in [0.15, 0.2) is 0 Å². The minimum absolute atomic E-state index is 0.0420. The number of rotatable bonds is 3. The number of hydrogen-bond acceptors (Lipinski definition) is 11. The standard InChI is InChI=1S/C37H56O11/c1-17-12-37(29-34(7,47-29)30(42)48-37)46-20-13-32(5)22-9-8-21-31(3,4)23(45-28-27(41)26(40)19(39)15-43-28)10-11-35(21)16-36(22,35)14-24(44-18(2)38)33(32,6)25(17)20/h17,19-30,39-42H,8-16H2,1-7H3/t17-,19-,20+,21+,22+,23+,24-,25+,26-,27+,28+,29+,30+,32+,33-,34-,35-,36+,37-/m1/s1. The van der Waals surface area contributed by atoms with Crippen LogP contribution in [0.3, 0.4) is 0 Å². The van der Waals surface area contributed by atoms with E-state index < -0.39 is 42.3 Å². The lowest BCUT2D eigenvalue weighted by molar-refractivity contribution is -0.346. The third-order valence-electron chi connectivity index (χ3n) is 16.8. The van der Waals surface area contributed by atoms with E-state index in [1.807, 2.05) is 6.92 Å². The van der Waals surface area contributed by atoms with E-state index in [-0.39, 0.29) is 75.9 Å². The van der Waals surface area contributed by atoms with Crippen molar-refractivity contribution in [2.45, 2.75) is 167 Å². The van der Waals surface area contributed by atoms with Crippen molar-refractivity contribution >= 4 is 5.97 Å². The maximum atomic E-state index is 12.9. The molecule has 4 saturated heterocycles. The van der Waals surface area contributed by atoms with Gasteiger partial charge in [0.15, 0.2) is 12.6 Å². The van der Waals surface area contributed by atoms with Crippen LogP contribution >= 0.6 is 0 Å². The molecule has 9 rings (SSSR count). The molecule has 48 heavy (non-hydrogen) atoms. The van der Waals surface area contributed by atoms with Crippen molar-refractivity contribution in [2.24, 2.45) is 50.7 Å². The predicted octanol–water partition coefficient (Wildman–Crippen LogP) is 3.03. The lowest BCUT2D eigenvalue weighted by Crippen LogP contribution is -2.64. The number of carbonyl (C=O) groups is 1. The summed E-state index contributed by atoms with van der Waals surface area (Å²) < 4.78 is 37.9. The molecule has 0 radical (unpaired) electrons. The van der Waals surface area contributed by atoms with Crippen LogP contribution in [0, 0.1) is 50.7 Å². The van der Waals surface area contributed by atoms with Crippen molar-refractivity contribution < 1.29 is 53.6 Å². The summed E-state index contributed by atoms with van der Waals surface area (Å²) in [5.74, 6) is 0.0295. The predicted molar refractivity (Wildman–Crippen MR) is 168 cm³/mol. The third kappa shape index (κ3) is 3.74. The third-order valence-corrected chi connectivity index (χ3v) is 16.8. The van der Waals surface area contributed by atoms with Crippen molar-refractivity contribution in [3.63, 3.8) is 0 Å². The first kappa shape index (κ1) is 33.0. The molecule has 0 unspecified atom stereocenters. The Balaban J connectivity index is 1.03. The van der Waals surface area contributed by atoms with Crippen LogP contribution in [0.1, 0.15) is 99.8 Å². The molecular formula is C37H56O11. The van der Waals surface area contributed by atoms with Gasteiger partial charge < -0.3 is 48.8 Å². The molecular weight excluding hydrogens is 620 g/mol. The summed E-state index contributed by atoms with van der Waals surface area (Å²) in [7, 11) is 0. The second kappa shape index (κ2) is 9.75. The minimum Gasteiger partial charge on any atom is -0.462 e. The van der Waals surface area contributed by atoms with Crippen molar-refractivity contribution in [3.8, 4) is 0 Å². The second-order valence-electron chi connectivity index (χ2n) is 18.9. The summed E-state index contributed by atoms with van der Waals surface area (Å²) >= 11 is 0. The number of carbonyl (C=O) groups excluding carboxylic acids is 1. The smallest absolute Gasteiger partial charge is 0.302 e. The monoisotopic (exact) mass is 676 g/mol. The number of ether oxygens (including phenoxy) is 6. The topological polar surface area (TPSA) is 157 Å². The molecule has 0 bridgehead atoms. The SMILES string of the molecule is CC(=O)O[C@@H]1C[C@@]23C[C@@]24CC[C@H](O[C@@H]2OC[C@@H](O)[C@@H](O)[C@@H]2O)C(C)(C)[C@@H]4CC[C@H]3[C@]2(C)C[C@@H]3O[C@]4(C[C@@H](C)[C@@H]3[C@@]12C)O[C@H](O)[C@]1(C)O[C@H]41. The summed E-state index contributed by atoms with van der Waals surface area (Å²) in [6.07, 6.45) is 0.880. The van der Waals surface area contributed by atoms with Gasteiger partial charge in [0.25, 0.3) is 0 Å². The van der Waals surface area contributed by atoms with E-state index in [9.17, 15) is 25.2 Å². The van der Waals surface area contributed by atoms with Gasteiger partial charge in [-0.15, -0.1) is 0 Å². The lowest BCUT2D eigenvalue weighted by Gasteiger charge is -2.65. The number of hydrogen-bond donors (Lipinski definition) is 4. The van der Waals surface area contributed by atoms with E-state index in [0.29, 0.717) is 18.3 Å². The first-order valence-electron chi connectivity index (χ1n) is 18.6. The van der Waals surface area contributed by atoms with Gasteiger partial charge in [0.1, 0.15) is 36.1 Å². The van der Waals surface area contributed by atoms with Crippen LogP contribution in [-0.2, 0) is 33.2 Å². The van der Waals surface area contributed by atoms with Crippen molar-refractivity contribution in [2.75, 3.05) is 6.61 Å². The minimum atomic E-state index is -1.31. The maximum Gasteiger partial charge on any atom is 0.302 e. The lowest BCUT2D eigenvalue weighted by atomic mass is 9.41. The Bertz CT molecular complexity index is 1390. The molecule has 5 saturated carbocycles. The largest absolute Gasteiger partial charge is 0.462 e. The fourth-order valence-electron chi connectivity index (χ4n) is 14.6. The average Bonchev–Trinajstić information content (AvgIpc) is 3.84. The van der Waals surface area contributed by atoms with E-state index >= 15 is 0 Å². The van der Waals surface area contributed by atoms with Gasteiger partial charge in [-0.05, 0) is 97.2 Å². The number of epoxide rings is 1. The Morgan fingerprint density at radius 1 is 0.833 bits per heavy atom. The Kier molecular flexibility index (Phi) is 6.70. The summed E-state index contributed by atoms with van der Waals surface area (Å²) in [5, 5.41) is 41.7. The zero-order valence-electron chi connectivity index (χ0n) is 29.5. The fraction of sp³-hybridized carbons (Fsp3) is 0.973. The van der Waals surface area contributed by atoms with Crippen molar-refractivity contribution in [1.29, 1.82) is 0 Å². The van der Waals surface area contributed by atoms with E-state index in [1.54, 1.807) is 6.92 Å². The van der Waals surface area contributed by atoms with Crippen LogP contribution in [0.5, 0.6) is 0 Å². The van der Waals surface area contributed by atoms with Crippen LogP contribution in [0.25, 0.3) is 0 Å². The van der Waals surface area contributed by atoms with Crippen LogP contribution in [0.4, 0.5) is 0 Å². The highest BCUT2D eigenvalue weighted by Gasteiger charge is 2.87. The average molecular weight is 677 g/mol. The first-order chi connectivity index (χ1) is 22.4. The maximum absolute atomic E-state index is 12.9. The molecule has 19 atom stereocenters. The second-order valence-corrected chi connectivity index (χ2v) is 18.9. The van der Waals surface area contributed by atoms with Crippen LogP contribution in [-0.4, -0.2) is 99.7 Å². The summed E-state index contributed by atoms with van der Waals surface area (Å²) in [6, 6.07) is 0. The molecule has 9 fully saturated rings. The summed E-state index contributed by atoms with van der Waals surface area (Å²) in [6.45, 7) is 15.1. The molecule has 11 nitrogen and oxygen atoms in total. The Labute approximate surface area is 283 Å². The molecule has 5 aliphatic carbocycles. The molecule has 4 heterocycles. The zero-order valence-corrected chi connectivity index (χ0v) is 29.5. The van der Waals surface area contributed by atoms with E-state index in [2.05, 4.69) is 34.6 Å². The summed E-state index contributed by atoms with van der Waals surface area (Å²) in [5.41, 5.74) is -1.23. The highest BCUT2D eigenvalue weighted by Crippen LogP contribution is 2.89. The molecule has 0 aromatic rings. The molecule has 0 aromatic heterocycles.